The Labute approximate surface area is 170 Å². The minimum absolute atomic E-state index is 0.154. The van der Waals surface area contributed by atoms with Crippen molar-refractivity contribution in [3.63, 3.8) is 0 Å². The normalized spacial score (nSPS) is 24.6. The van der Waals surface area contributed by atoms with Gasteiger partial charge in [-0.2, -0.15) is 0 Å². The fraction of sp³-hybridized carbons (Fsp3) is 0.350. The zero-order valence-electron chi connectivity index (χ0n) is 15.2. The maximum atomic E-state index is 13.5. The molecule has 27 heavy (non-hydrogen) atoms. The lowest BCUT2D eigenvalue weighted by molar-refractivity contribution is 0.121. The lowest BCUT2D eigenvalue weighted by Gasteiger charge is -2.17. The summed E-state index contributed by atoms with van der Waals surface area (Å²) in [5.74, 6) is -0.397. The van der Waals surface area contributed by atoms with Crippen LogP contribution in [0.2, 0.25) is 5.02 Å². The summed E-state index contributed by atoms with van der Waals surface area (Å²) < 4.78 is 32.5. The first-order valence-corrected chi connectivity index (χ1v) is 11.0. The summed E-state index contributed by atoms with van der Waals surface area (Å²) in [5.41, 5.74) is 6.93. The van der Waals surface area contributed by atoms with Crippen molar-refractivity contribution in [3.05, 3.63) is 64.7 Å². The van der Waals surface area contributed by atoms with Crippen LogP contribution in [0.15, 0.2) is 53.4 Å². The van der Waals surface area contributed by atoms with E-state index in [1.807, 2.05) is 19.9 Å². The Balaban J connectivity index is 2.12. The van der Waals surface area contributed by atoms with Crippen LogP contribution in [0, 0.1) is 12.3 Å². The highest BCUT2D eigenvalue weighted by Crippen LogP contribution is 2.64. The Morgan fingerprint density at radius 3 is 2.48 bits per heavy atom. The maximum absolute atomic E-state index is 13.5. The third kappa shape index (κ3) is 3.51. The molecule has 2 aromatic carbocycles. The molecule has 1 fully saturated rings. The summed E-state index contributed by atoms with van der Waals surface area (Å²) in [5, 5.41) is -0.241. The number of aryl methyl sites for hydroxylation is 1. The van der Waals surface area contributed by atoms with E-state index in [2.05, 4.69) is 0 Å². The second kappa shape index (κ2) is 7.51. The average Bonchev–Trinajstić information content (AvgIpc) is 3.32. The van der Waals surface area contributed by atoms with Gasteiger partial charge in [-0.15, -0.1) is 0 Å². The molecule has 1 saturated carbocycles. The number of benzene rings is 2. The number of ether oxygens (including phenoxy) is 1. The highest BCUT2D eigenvalue weighted by Gasteiger charge is 2.73. The zero-order valence-corrected chi connectivity index (χ0v) is 17.6. The van der Waals surface area contributed by atoms with Crippen molar-refractivity contribution in [1.29, 1.82) is 0 Å². The van der Waals surface area contributed by atoms with Gasteiger partial charge in [0.1, 0.15) is 0 Å². The molecule has 7 heteroatoms. The lowest BCUT2D eigenvalue weighted by Crippen LogP contribution is -2.33. The molecule has 2 N–H and O–H groups in total. The van der Waals surface area contributed by atoms with Crippen LogP contribution >= 0.6 is 23.8 Å². The summed E-state index contributed by atoms with van der Waals surface area (Å²) in [6.45, 7) is 4.37. The Bertz CT molecular complexity index is 959. The molecule has 1 aliphatic carbocycles. The molecule has 0 radical (unpaired) electrons. The molecule has 0 aliphatic heterocycles. The molecule has 0 aromatic heterocycles. The fourth-order valence-electron chi connectivity index (χ4n) is 3.72. The van der Waals surface area contributed by atoms with Crippen molar-refractivity contribution in [1.82, 2.24) is 0 Å². The van der Waals surface area contributed by atoms with E-state index in [1.165, 1.54) is 0 Å². The summed E-state index contributed by atoms with van der Waals surface area (Å²) in [7, 11) is -3.67. The van der Waals surface area contributed by atoms with Crippen molar-refractivity contribution in [3.8, 4) is 0 Å². The van der Waals surface area contributed by atoms with Crippen LogP contribution in [-0.2, 0) is 14.6 Å². The maximum Gasteiger partial charge on any atom is 0.182 e. The van der Waals surface area contributed by atoms with Gasteiger partial charge in [0.25, 0.3) is 0 Å². The first kappa shape index (κ1) is 20.3. The second-order valence-corrected chi connectivity index (χ2v) is 9.80. The Morgan fingerprint density at radius 1 is 1.26 bits per heavy atom. The largest absolute Gasteiger partial charge is 0.393 e. The van der Waals surface area contributed by atoms with Crippen LogP contribution in [-0.4, -0.2) is 31.9 Å². The smallest absolute Gasteiger partial charge is 0.182 e. The van der Waals surface area contributed by atoms with E-state index in [-0.39, 0.29) is 16.5 Å². The quantitative estimate of drug-likeness (QED) is 0.684. The number of rotatable bonds is 7. The lowest BCUT2D eigenvalue weighted by atomic mass is 10.00. The SMILES string of the molecule is CCOC[C@@]1(C(N)=S)[C@H](S(=O)(=O)c2ccc(C)cc2)[C@@H]1c1cccc(Cl)c1. The van der Waals surface area contributed by atoms with Crippen LogP contribution in [0.1, 0.15) is 24.0 Å². The molecule has 0 saturated heterocycles. The Morgan fingerprint density at radius 2 is 1.93 bits per heavy atom. The van der Waals surface area contributed by atoms with Crippen LogP contribution < -0.4 is 5.73 Å². The molecule has 1 aliphatic rings. The van der Waals surface area contributed by atoms with Crippen LogP contribution in [0.3, 0.4) is 0 Å². The van der Waals surface area contributed by atoms with Crippen molar-refractivity contribution in [2.75, 3.05) is 13.2 Å². The predicted molar refractivity (Wildman–Crippen MR) is 112 cm³/mol. The van der Waals surface area contributed by atoms with Crippen molar-refractivity contribution in [2.24, 2.45) is 11.1 Å². The number of hydrogen-bond donors (Lipinski definition) is 1. The Hall–Kier alpha value is -1.47. The number of halogens is 1. The van der Waals surface area contributed by atoms with Gasteiger partial charge in [-0.3, -0.25) is 0 Å². The molecule has 0 spiro atoms. The highest BCUT2D eigenvalue weighted by atomic mass is 35.5. The van der Waals surface area contributed by atoms with Crippen molar-refractivity contribution in [2.45, 2.75) is 29.9 Å². The third-order valence-corrected chi connectivity index (χ3v) is 8.06. The van der Waals surface area contributed by atoms with Crippen LogP contribution in [0.5, 0.6) is 0 Å². The highest BCUT2D eigenvalue weighted by molar-refractivity contribution is 7.92. The standard InChI is InChI=1S/C20H22ClNO3S2/c1-3-25-12-20(19(22)26)17(14-5-4-6-15(21)11-14)18(20)27(23,24)16-9-7-13(2)8-10-16/h4-11,17-18H,3,12H2,1-2H3,(H2,22,26)/t17-,18+,20-/m0/s1. The molecule has 0 unspecified atom stereocenters. The van der Waals surface area contributed by atoms with E-state index in [4.69, 9.17) is 34.3 Å². The van der Waals surface area contributed by atoms with Gasteiger partial charge in [0.2, 0.25) is 0 Å². The number of hydrogen-bond acceptors (Lipinski definition) is 4. The number of sulfone groups is 1. The molecular formula is C20H22ClNO3S2. The first-order chi connectivity index (χ1) is 12.7. The van der Waals surface area contributed by atoms with Crippen LogP contribution in [0.4, 0.5) is 0 Å². The molecule has 144 valence electrons. The van der Waals surface area contributed by atoms with E-state index in [0.717, 1.165) is 11.1 Å². The van der Waals surface area contributed by atoms with E-state index in [1.54, 1.807) is 42.5 Å². The molecule has 4 nitrogen and oxygen atoms in total. The summed E-state index contributed by atoms with van der Waals surface area (Å²) >= 11 is 11.5. The summed E-state index contributed by atoms with van der Waals surface area (Å²) in [6, 6.07) is 14.0. The second-order valence-electron chi connectivity index (χ2n) is 6.85. The van der Waals surface area contributed by atoms with E-state index >= 15 is 0 Å². The van der Waals surface area contributed by atoms with Gasteiger partial charge in [0.05, 0.1) is 27.2 Å². The van der Waals surface area contributed by atoms with E-state index < -0.39 is 26.4 Å². The minimum atomic E-state index is -3.67. The monoisotopic (exact) mass is 423 g/mol. The number of thiocarbonyl (C=S) groups is 1. The molecular weight excluding hydrogens is 402 g/mol. The van der Waals surface area contributed by atoms with Gasteiger partial charge in [0, 0.05) is 17.5 Å². The van der Waals surface area contributed by atoms with E-state index in [9.17, 15) is 8.42 Å². The summed E-state index contributed by atoms with van der Waals surface area (Å²) in [4.78, 5) is 0.418. The molecule has 3 atom stereocenters. The van der Waals surface area contributed by atoms with Crippen molar-refractivity contribution >= 4 is 38.6 Å². The van der Waals surface area contributed by atoms with Gasteiger partial charge >= 0.3 is 0 Å². The Kier molecular flexibility index (Phi) is 5.64. The molecule has 0 heterocycles. The third-order valence-electron chi connectivity index (χ3n) is 5.15. The van der Waals surface area contributed by atoms with Gasteiger partial charge in [-0.1, -0.05) is 53.6 Å². The van der Waals surface area contributed by atoms with E-state index in [0.29, 0.717) is 11.6 Å². The van der Waals surface area contributed by atoms with Gasteiger partial charge < -0.3 is 10.5 Å². The van der Waals surface area contributed by atoms with Gasteiger partial charge in [0.15, 0.2) is 9.84 Å². The average molecular weight is 424 g/mol. The molecule has 3 rings (SSSR count). The number of nitrogens with two attached hydrogens (primary N) is 1. The predicted octanol–water partition coefficient (Wildman–Crippen LogP) is 3.90. The fourth-order valence-corrected chi connectivity index (χ4v) is 6.68. The zero-order chi connectivity index (χ0) is 19.8. The van der Waals surface area contributed by atoms with Gasteiger partial charge in [-0.05, 0) is 43.7 Å². The molecule has 0 bridgehead atoms. The van der Waals surface area contributed by atoms with Gasteiger partial charge in [-0.25, -0.2) is 8.42 Å². The topological polar surface area (TPSA) is 69.4 Å². The van der Waals surface area contributed by atoms with Crippen molar-refractivity contribution < 1.29 is 13.2 Å². The first-order valence-electron chi connectivity index (χ1n) is 8.69. The molecule has 0 amide bonds. The van der Waals surface area contributed by atoms with Crippen LogP contribution in [0.25, 0.3) is 0 Å². The molecule has 2 aromatic rings. The minimum Gasteiger partial charge on any atom is -0.393 e. The summed E-state index contributed by atoms with van der Waals surface area (Å²) in [6.07, 6.45) is 0.